The van der Waals surface area contributed by atoms with Gasteiger partial charge in [-0.15, -0.1) is 0 Å². The molecule has 0 saturated carbocycles. The number of hydrogen-bond acceptors (Lipinski definition) is 4. The molecule has 3 aromatic rings. The molecular weight excluding hydrogens is 356 g/mol. The largest absolute Gasteiger partial charge is 0.305 e. The van der Waals surface area contributed by atoms with E-state index in [2.05, 4.69) is 10.4 Å². The van der Waals surface area contributed by atoms with Crippen molar-refractivity contribution >= 4 is 29.0 Å². The molecule has 0 aliphatic rings. The number of nitrogens with zero attached hydrogens (tertiary/aromatic N) is 3. The van der Waals surface area contributed by atoms with E-state index in [0.29, 0.717) is 17.4 Å². The Bertz CT molecular complexity index is 984. The van der Waals surface area contributed by atoms with Crippen LogP contribution in [0.3, 0.4) is 0 Å². The summed E-state index contributed by atoms with van der Waals surface area (Å²) >= 11 is 6.17. The van der Waals surface area contributed by atoms with Gasteiger partial charge in [0.1, 0.15) is 5.56 Å². The van der Waals surface area contributed by atoms with Gasteiger partial charge in [0.2, 0.25) is 0 Å². The van der Waals surface area contributed by atoms with Crippen LogP contribution in [0.5, 0.6) is 0 Å². The molecule has 0 unspecified atom stereocenters. The number of carbonyl (C=O) groups is 1. The van der Waals surface area contributed by atoms with Gasteiger partial charge in [0, 0.05) is 22.8 Å². The average Bonchev–Trinajstić information content (AvgIpc) is 2.96. The van der Waals surface area contributed by atoms with E-state index in [0.717, 1.165) is 11.3 Å². The van der Waals surface area contributed by atoms with Gasteiger partial charge in [-0.3, -0.25) is 19.6 Å². The van der Waals surface area contributed by atoms with E-state index < -0.39 is 10.8 Å². The molecule has 132 valence electrons. The number of aromatic nitrogens is 2. The Morgan fingerprint density at radius 3 is 2.65 bits per heavy atom. The van der Waals surface area contributed by atoms with Crippen LogP contribution in [0.2, 0.25) is 5.02 Å². The second kappa shape index (κ2) is 7.37. The Morgan fingerprint density at radius 2 is 1.92 bits per heavy atom. The molecule has 3 rings (SSSR count). The number of hydrogen-bond donors (Lipinski definition) is 1. The maximum atomic E-state index is 12.4. The minimum absolute atomic E-state index is 0.0178. The van der Waals surface area contributed by atoms with E-state index in [1.54, 1.807) is 22.9 Å². The Hall–Kier alpha value is -3.19. The molecule has 0 fully saturated rings. The summed E-state index contributed by atoms with van der Waals surface area (Å²) in [5, 5.41) is 18.6. The van der Waals surface area contributed by atoms with Gasteiger partial charge in [0.15, 0.2) is 5.82 Å². The molecule has 1 N–H and O–H groups in total. The van der Waals surface area contributed by atoms with Crippen LogP contribution >= 0.6 is 11.6 Å². The van der Waals surface area contributed by atoms with E-state index in [-0.39, 0.29) is 11.3 Å². The summed E-state index contributed by atoms with van der Waals surface area (Å²) in [5.74, 6) is -0.266. The monoisotopic (exact) mass is 370 g/mol. The predicted molar refractivity (Wildman–Crippen MR) is 98.6 cm³/mol. The van der Waals surface area contributed by atoms with Crippen molar-refractivity contribution in [3.63, 3.8) is 0 Å². The highest BCUT2D eigenvalue weighted by atomic mass is 35.5. The second-order valence-electron chi connectivity index (χ2n) is 5.65. The molecule has 0 spiro atoms. The molecule has 1 heterocycles. The van der Waals surface area contributed by atoms with Gasteiger partial charge in [-0.2, -0.15) is 5.10 Å². The Balaban J connectivity index is 1.81. The molecule has 0 bridgehead atoms. The summed E-state index contributed by atoms with van der Waals surface area (Å²) in [7, 11) is 0. The lowest BCUT2D eigenvalue weighted by atomic mass is 10.1. The molecule has 0 atom stereocenters. The molecule has 1 amide bonds. The van der Waals surface area contributed by atoms with Crippen molar-refractivity contribution in [1.29, 1.82) is 0 Å². The van der Waals surface area contributed by atoms with Crippen LogP contribution in [0.4, 0.5) is 11.5 Å². The number of anilines is 1. The first-order chi connectivity index (χ1) is 12.5. The predicted octanol–water partition coefficient (Wildman–Crippen LogP) is 4.05. The highest BCUT2D eigenvalue weighted by Gasteiger charge is 2.20. The Labute approximate surface area is 154 Å². The highest BCUT2D eigenvalue weighted by molar-refractivity contribution is 6.31. The summed E-state index contributed by atoms with van der Waals surface area (Å²) in [6.45, 7) is 2.30. The zero-order valence-corrected chi connectivity index (χ0v) is 14.6. The number of aryl methyl sites for hydroxylation is 1. The minimum Gasteiger partial charge on any atom is -0.305 e. The number of benzene rings is 2. The van der Waals surface area contributed by atoms with Gasteiger partial charge in [-0.25, -0.2) is 0 Å². The molecular formula is C18H15ClN4O3. The van der Waals surface area contributed by atoms with Gasteiger partial charge >= 0.3 is 0 Å². The fraction of sp³-hybridized carbons (Fsp3) is 0.111. The van der Waals surface area contributed by atoms with Gasteiger partial charge < -0.3 is 5.32 Å². The maximum absolute atomic E-state index is 12.4. The quantitative estimate of drug-likeness (QED) is 0.541. The smallest absolute Gasteiger partial charge is 0.282 e. The van der Waals surface area contributed by atoms with Crippen LogP contribution in [0.1, 0.15) is 21.6 Å². The summed E-state index contributed by atoms with van der Waals surface area (Å²) in [5.41, 5.74) is 1.45. The summed E-state index contributed by atoms with van der Waals surface area (Å²) in [4.78, 5) is 22.9. The third-order valence-electron chi connectivity index (χ3n) is 3.85. The second-order valence-corrected chi connectivity index (χ2v) is 6.06. The van der Waals surface area contributed by atoms with Gasteiger partial charge in [0.05, 0.1) is 11.5 Å². The van der Waals surface area contributed by atoms with Crippen LogP contribution in [0.25, 0.3) is 0 Å². The Morgan fingerprint density at radius 1 is 1.23 bits per heavy atom. The Kier molecular flexibility index (Phi) is 4.99. The van der Waals surface area contributed by atoms with Crippen molar-refractivity contribution in [2.45, 2.75) is 13.5 Å². The number of para-hydroxylation sites is 1. The third-order valence-corrected chi connectivity index (χ3v) is 4.21. The van der Waals surface area contributed by atoms with E-state index in [1.165, 1.54) is 18.2 Å². The first-order valence-corrected chi connectivity index (χ1v) is 8.16. The normalized spacial score (nSPS) is 10.5. The number of halogens is 1. The van der Waals surface area contributed by atoms with Crippen molar-refractivity contribution in [2.75, 3.05) is 5.32 Å². The van der Waals surface area contributed by atoms with Crippen molar-refractivity contribution < 1.29 is 9.72 Å². The zero-order valence-electron chi connectivity index (χ0n) is 13.8. The molecule has 1 aromatic heterocycles. The molecule has 8 heteroatoms. The van der Waals surface area contributed by atoms with Crippen LogP contribution in [-0.4, -0.2) is 20.6 Å². The van der Waals surface area contributed by atoms with Crippen molar-refractivity contribution in [3.05, 3.63) is 86.6 Å². The minimum atomic E-state index is -0.587. The molecule has 26 heavy (non-hydrogen) atoms. The first kappa shape index (κ1) is 17.6. The van der Waals surface area contributed by atoms with E-state index >= 15 is 0 Å². The number of carbonyl (C=O) groups excluding carboxylic acids is 1. The number of nitrogens with one attached hydrogen (secondary N) is 1. The summed E-state index contributed by atoms with van der Waals surface area (Å²) in [6, 6.07) is 14.9. The third kappa shape index (κ3) is 3.73. The van der Waals surface area contributed by atoms with Gasteiger partial charge in [0.25, 0.3) is 11.6 Å². The molecule has 0 aliphatic carbocycles. The SMILES string of the molecule is Cc1cc(NC(=O)c2ccccc2[N+](=O)[O-])nn1Cc1ccccc1Cl. The highest BCUT2D eigenvalue weighted by Crippen LogP contribution is 2.21. The van der Waals surface area contributed by atoms with Crippen LogP contribution in [0.15, 0.2) is 54.6 Å². The molecule has 2 aromatic carbocycles. The van der Waals surface area contributed by atoms with Gasteiger partial charge in [-0.05, 0) is 24.6 Å². The number of nitro benzene ring substituents is 1. The molecule has 7 nitrogen and oxygen atoms in total. The van der Waals surface area contributed by atoms with Crippen molar-refractivity contribution in [3.8, 4) is 0 Å². The summed E-state index contributed by atoms with van der Waals surface area (Å²) < 4.78 is 1.70. The molecule has 0 saturated heterocycles. The zero-order chi connectivity index (χ0) is 18.7. The lowest BCUT2D eigenvalue weighted by Crippen LogP contribution is -2.14. The topological polar surface area (TPSA) is 90.1 Å². The fourth-order valence-electron chi connectivity index (χ4n) is 2.53. The van der Waals surface area contributed by atoms with E-state index in [9.17, 15) is 14.9 Å². The van der Waals surface area contributed by atoms with Crippen LogP contribution < -0.4 is 5.32 Å². The molecule has 0 radical (unpaired) electrons. The van der Waals surface area contributed by atoms with Crippen LogP contribution in [0, 0.1) is 17.0 Å². The van der Waals surface area contributed by atoms with E-state index in [4.69, 9.17) is 11.6 Å². The maximum Gasteiger partial charge on any atom is 0.282 e. The number of rotatable bonds is 5. The van der Waals surface area contributed by atoms with Gasteiger partial charge in [-0.1, -0.05) is 41.9 Å². The number of nitro groups is 1. The number of amides is 1. The summed E-state index contributed by atoms with van der Waals surface area (Å²) in [6.07, 6.45) is 0. The van der Waals surface area contributed by atoms with E-state index in [1.807, 2.05) is 25.1 Å². The van der Waals surface area contributed by atoms with Crippen LogP contribution in [-0.2, 0) is 6.54 Å². The first-order valence-electron chi connectivity index (χ1n) is 7.78. The molecule has 0 aliphatic heterocycles. The van der Waals surface area contributed by atoms with Crippen molar-refractivity contribution in [1.82, 2.24) is 9.78 Å². The van der Waals surface area contributed by atoms with Crippen molar-refractivity contribution in [2.24, 2.45) is 0 Å². The average molecular weight is 371 g/mol. The lowest BCUT2D eigenvalue weighted by molar-refractivity contribution is -0.385. The lowest BCUT2D eigenvalue weighted by Gasteiger charge is -2.06. The standard InChI is InChI=1S/C18H15ClN4O3/c1-12-10-17(21-22(12)11-13-6-2-4-8-15(13)19)20-18(24)14-7-3-5-9-16(14)23(25)26/h2-10H,11H2,1H3,(H,20,21,24). The fourth-order valence-corrected chi connectivity index (χ4v) is 2.72.